The van der Waals surface area contributed by atoms with E-state index in [1.807, 2.05) is 31.2 Å². The number of benzene rings is 1. The highest BCUT2D eigenvalue weighted by Crippen LogP contribution is 2.22. The average Bonchev–Trinajstić information content (AvgIpc) is 2.89. The van der Waals surface area contributed by atoms with Crippen LogP contribution >= 0.6 is 0 Å². The number of hydrogen-bond acceptors (Lipinski definition) is 6. The molecule has 0 aliphatic heterocycles. The monoisotopic (exact) mass is 263 g/mol. The van der Waals surface area contributed by atoms with Crippen LogP contribution in [-0.4, -0.2) is 30.5 Å². The van der Waals surface area contributed by atoms with Gasteiger partial charge in [0.1, 0.15) is 11.8 Å². The van der Waals surface area contributed by atoms with E-state index in [1.165, 1.54) is 0 Å². The molecule has 0 fully saturated rings. The van der Waals surface area contributed by atoms with Crippen molar-refractivity contribution in [2.45, 2.75) is 13.0 Å². The zero-order valence-corrected chi connectivity index (χ0v) is 11.0. The number of ether oxygens (including phenoxy) is 2. The van der Waals surface area contributed by atoms with Crippen LogP contribution in [0.3, 0.4) is 0 Å². The lowest BCUT2D eigenvalue weighted by Gasteiger charge is -2.04. The lowest BCUT2D eigenvalue weighted by molar-refractivity contribution is 0.166. The highest BCUT2D eigenvalue weighted by molar-refractivity contribution is 5.56. The minimum Gasteiger partial charge on any atom is -0.494 e. The number of nitrogens with two attached hydrogens (primary N) is 1. The summed E-state index contributed by atoms with van der Waals surface area (Å²) < 4.78 is 15.5. The summed E-state index contributed by atoms with van der Waals surface area (Å²) in [5.41, 5.74) is 6.65. The van der Waals surface area contributed by atoms with Crippen molar-refractivity contribution in [3.8, 4) is 17.1 Å². The summed E-state index contributed by atoms with van der Waals surface area (Å²) in [6.45, 7) is 2.88. The van der Waals surface area contributed by atoms with Crippen LogP contribution in [0.2, 0.25) is 0 Å². The molecular weight excluding hydrogens is 246 g/mol. The van der Waals surface area contributed by atoms with Gasteiger partial charge in [0.15, 0.2) is 0 Å². The van der Waals surface area contributed by atoms with E-state index >= 15 is 0 Å². The molecule has 1 atom stereocenters. The molecule has 1 aromatic carbocycles. The third kappa shape index (κ3) is 3.30. The Morgan fingerprint density at radius 1 is 1.42 bits per heavy atom. The van der Waals surface area contributed by atoms with Crippen molar-refractivity contribution in [3.63, 3.8) is 0 Å². The van der Waals surface area contributed by atoms with Gasteiger partial charge in [-0.05, 0) is 19.1 Å². The molecule has 19 heavy (non-hydrogen) atoms. The van der Waals surface area contributed by atoms with E-state index in [0.29, 0.717) is 24.9 Å². The van der Waals surface area contributed by atoms with Gasteiger partial charge in [-0.25, -0.2) is 0 Å². The van der Waals surface area contributed by atoms with Crippen molar-refractivity contribution in [1.82, 2.24) is 10.1 Å². The Morgan fingerprint density at radius 3 is 3.00 bits per heavy atom. The van der Waals surface area contributed by atoms with Crippen LogP contribution < -0.4 is 10.5 Å². The normalized spacial score (nSPS) is 12.4. The summed E-state index contributed by atoms with van der Waals surface area (Å²) >= 11 is 0. The maximum absolute atomic E-state index is 5.83. The van der Waals surface area contributed by atoms with Crippen LogP contribution in [0.15, 0.2) is 28.8 Å². The Morgan fingerprint density at radius 2 is 2.26 bits per heavy atom. The van der Waals surface area contributed by atoms with E-state index in [4.69, 9.17) is 19.7 Å². The second-order valence-corrected chi connectivity index (χ2v) is 3.98. The fraction of sp³-hybridized carbons (Fsp3) is 0.385. The molecule has 0 spiro atoms. The third-order valence-corrected chi connectivity index (χ3v) is 2.51. The second-order valence-electron chi connectivity index (χ2n) is 3.98. The second kappa shape index (κ2) is 6.31. The van der Waals surface area contributed by atoms with Crippen molar-refractivity contribution in [2.24, 2.45) is 5.73 Å². The Balaban J connectivity index is 2.20. The van der Waals surface area contributed by atoms with Crippen molar-refractivity contribution >= 4 is 0 Å². The Hall–Kier alpha value is -1.92. The molecule has 102 valence electrons. The first kappa shape index (κ1) is 13.5. The molecular formula is C13H17N3O3. The zero-order valence-electron chi connectivity index (χ0n) is 11.0. The molecule has 6 nitrogen and oxygen atoms in total. The fourth-order valence-electron chi connectivity index (χ4n) is 1.65. The summed E-state index contributed by atoms with van der Waals surface area (Å²) in [6.07, 6.45) is 0. The van der Waals surface area contributed by atoms with Crippen molar-refractivity contribution in [3.05, 3.63) is 30.2 Å². The average molecular weight is 263 g/mol. The van der Waals surface area contributed by atoms with E-state index in [-0.39, 0.29) is 0 Å². The van der Waals surface area contributed by atoms with Gasteiger partial charge in [-0.2, -0.15) is 4.98 Å². The number of hydrogen-bond donors (Lipinski definition) is 1. The molecule has 2 aromatic rings. The summed E-state index contributed by atoms with van der Waals surface area (Å²) in [5.74, 6) is 1.62. The van der Waals surface area contributed by atoms with Crippen LogP contribution in [0, 0.1) is 0 Å². The standard InChI is InChI=1S/C13H17N3O3/c1-3-18-10-6-4-5-9(7-10)12-15-13(19-16-12)11(14)8-17-2/h4-7,11H,3,8,14H2,1-2H3. The molecule has 0 saturated heterocycles. The van der Waals surface area contributed by atoms with Crippen molar-refractivity contribution in [1.29, 1.82) is 0 Å². The molecule has 1 unspecified atom stereocenters. The molecule has 0 aliphatic carbocycles. The first-order chi connectivity index (χ1) is 9.24. The lowest BCUT2D eigenvalue weighted by Crippen LogP contribution is -2.16. The molecule has 2 rings (SSSR count). The third-order valence-electron chi connectivity index (χ3n) is 2.51. The smallest absolute Gasteiger partial charge is 0.246 e. The van der Waals surface area contributed by atoms with Crippen molar-refractivity contribution < 1.29 is 14.0 Å². The minimum atomic E-state index is -0.415. The van der Waals surface area contributed by atoms with Gasteiger partial charge in [0.2, 0.25) is 11.7 Å². The number of rotatable bonds is 6. The molecule has 0 bridgehead atoms. The maximum atomic E-state index is 5.83. The summed E-state index contributed by atoms with van der Waals surface area (Å²) in [6, 6.07) is 7.09. The van der Waals surface area contributed by atoms with Gasteiger partial charge in [-0.3, -0.25) is 0 Å². The summed E-state index contributed by atoms with van der Waals surface area (Å²) in [7, 11) is 1.57. The molecule has 1 aromatic heterocycles. The Kier molecular flexibility index (Phi) is 4.48. The number of nitrogens with zero attached hydrogens (tertiary/aromatic N) is 2. The molecule has 1 heterocycles. The minimum absolute atomic E-state index is 0.334. The molecule has 0 amide bonds. The zero-order chi connectivity index (χ0) is 13.7. The lowest BCUT2D eigenvalue weighted by atomic mass is 10.2. The largest absolute Gasteiger partial charge is 0.494 e. The van der Waals surface area contributed by atoms with Gasteiger partial charge in [0.25, 0.3) is 0 Å². The fourth-order valence-corrected chi connectivity index (χ4v) is 1.65. The maximum Gasteiger partial charge on any atom is 0.246 e. The van der Waals surface area contributed by atoms with Crippen molar-refractivity contribution in [2.75, 3.05) is 20.3 Å². The molecule has 2 N–H and O–H groups in total. The molecule has 6 heteroatoms. The van der Waals surface area contributed by atoms with E-state index in [2.05, 4.69) is 10.1 Å². The van der Waals surface area contributed by atoms with Gasteiger partial charge in [-0.1, -0.05) is 17.3 Å². The first-order valence-corrected chi connectivity index (χ1v) is 6.06. The molecule has 0 saturated carbocycles. The van der Waals surface area contributed by atoms with Gasteiger partial charge in [-0.15, -0.1) is 0 Å². The highest BCUT2D eigenvalue weighted by Gasteiger charge is 2.15. The van der Waals surface area contributed by atoms with Crippen LogP contribution in [0.4, 0.5) is 0 Å². The Labute approximate surface area is 111 Å². The van der Waals surface area contributed by atoms with E-state index in [1.54, 1.807) is 7.11 Å². The number of methoxy groups -OCH3 is 1. The van der Waals surface area contributed by atoms with Crippen LogP contribution in [0.25, 0.3) is 11.4 Å². The molecule has 0 radical (unpaired) electrons. The van der Waals surface area contributed by atoms with E-state index < -0.39 is 6.04 Å². The summed E-state index contributed by atoms with van der Waals surface area (Å²) in [5, 5.41) is 3.91. The quantitative estimate of drug-likeness (QED) is 0.855. The predicted molar refractivity (Wildman–Crippen MR) is 69.7 cm³/mol. The van der Waals surface area contributed by atoms with Gasteiger partial charge < -0.3 is 19.7 Å². The van der Waals surface area contributed by atoms with Crippen LogP contribution in [0.1, 0.15) is 18.9 Å². The number of aromatic nitrogens is 2. The van der Waals surface area contributed by atoms with E-state index in [0.717, 1.165) is 11.3 Å². The SMILES string of the molecule is CCOc1cccc(-c2noc(C(N)COC)n2)c1. The van der Waals surface area contributed by atoms with Crippen LogP contribution in [-0.2, 0) is 4.74 Å². The van der Waals surface area contributed by atoms with Crippen LogP contribution in [0.5, 0.6) is 5.75 Å². The molecule has 0 aliphatic rings. The van der Waals surface area contributed by atoms with E-state index in [9.17, 15) is 0 Å². The van der Waals surface area contributed by atoms with Gasteiger partial charge in [0.05, 0.1) is 13.2 Å². The van der Waals surface area contributed by atoms with Gasteiger partial charge in [0, 0.05) is 12.7 Å². The first-order valence-electron chi connectivity index (χ1n) is 6.06. The highest BCUT2D eigenvalue weighted by atomic mass is 16.5. The predicted octanol–water partition coefficient (Wildman–Crippen LogP) is 1.78. The summed E-state index contributed by atoms with van der Waals surface area (Å²) in [4.78, 5) is 4.26. The topological polar surface area (TPSA) is 83.4 Å². The Bertz CT molecular complexity index is 527. The van der Waals surface area contributed by atoms with Gasteiger partial charge >= 0.3 is 0 Å².